The lowest BCUT2D eigenvalue weighted by Gasteiger charge is -2.32. The van der Waals surface area contributed by atoms with Gasteiger partial charge in [0.05, 0.1) is 5.56 Å². The number of likely N-dealkylation sites (tertiary alicyclic amines) is 1. The van der Waals surface area contributed by atoms with Gasteiger partial charge in [-0.2, -0.15) is 0 Å². The first kappa shape index (κ1) is 14.2. The summed E-state index contributed by atoms with van der Waals surface area (Å²) >= 11 is 3.44. The third-order valence-corrected chi connectivity index (χ3v) is 4.17. The number of aromatic nitrogens is 1. The Balaban J connectivity index is 1.54. The van der Waals surface area contributed by atoms with Gasteiger partial charge in [0.25, 0.3) is 5.91 Å². The van der Waals surface area contributed by atoms with Crippen molar-refractivity contribution in [1.29, 1.82) is 0 Å². The summed E-state index contributed by atoms with van der Waals surface area (Å²) in [5, 5.41) is 0. The number of rotatable bonds is 3. The molecular weight excluding hydrogens is 332 g/mol. The molecule has 0 unspecified atom stereocenters. The smallest absolute Gasteiger partial charge is 0.255 e. The van der Waals surface area contributed by atoms with E-state index in [-0.39, 0.29) is 12.0 Å². The van der Waals surface area contributed by atoms with Crippen LogP contribution in [0.4, 0.5) is 0 Å². The van der Waals surface area contributed by atoms with E-state index in [4.69, 9.17) is 4.74 Å². The molecule has 110 valence electrons. The Morgan fingerprint density at radius 1 is 1.29 bits per heavy atom. The molecule has 0 spiro atoms. The van der Waals surface area contributed by atoms with Crippen LogP contribution in [0.5, 0.6) is 5.75 Å². The molecule has 0 aliphatic carbocycles. The van der Waals surface area contributed by atoms with Crippen LogP contribution < -0.4 is 4.74 Å². The van der Waals surface area contributed by atoms with Crippen LogP contribution in [-0.2, 0) is 0 Å². The number of hydrogen-bond donors (Lipinski definition) is 1. The average molecular weight is 349 g/mol. The normalized spacial score (nSPS) is 16.0. The molecule has 0 bridgehead atoms. The van der Waals surface area contributed by atoms with Crippen molar-refractivity contribution in [1.82, 2.24) is 9.88 Å². The predicted molar refractivity (Wildman–Crippen MR) is 84.5 cm³/mol. The monoisotopic (exact) mass is 348 g/mol. The van der Waals surface area contributed by atoms with Gasteiger partial charge in [0.1, 0.15) is 11.9 Å². The van der Waals surface area contributed by atoms with Crippen LogP contribution in [0.1, 0.15) is 23.2 Å². The van der Waals surface area contributed by atoms with Crippen LogP contribution in [0.25, 0.3) is 0 Å². The van der Waals surface area contributed by atoms with Crippen LogP contribution in [0.15, 0.2) is 47.2 Å². The minimum atomic E-state index is 0.0946. The zero-order valence-corrected chi connectivity index (χ0v) is 13.2. The molecule has 0 saturated carbocycles. The molecule has 5 heteroatoms. The van der Waals surface area contributed by atoms with E-state index in [1.807, 2.05) is 35.2 Å². The number of hydrogen-bond acceptors (Lipinski definition) is 2. The van der Waals surface area contributed by atoms with Crippen LogP contribution in [-0.4, -0.2) is 35.0 Å². The summed E-state index contributed by atoms with van der Waals surface area (Å²) in [6, 6.07) is 9.68. The Kier molecular flexibility index (Phi) is 4.29. The second-order valence-corrected chi connectivity index (χ2v) is 6.08. The van der Waals surface area contributed by atoms with Gasteiger partial charge >= 0.3 is 0 Å². The first-order chi connectivity index (χ1) is 10.2. The van der Waals surface area contributed by atoms with E-state index < -0.39 is 0 Å². The van der Waals surface area contributed by atoms with Gasteiger partial charge in [-0.3, -0.25) is 4.79 Å². The van der Waals surface area contributed by atoms with Gasteiger partial charge in [0.15, 0.2) is 0 Å². The lowest BCUT2D eigenvalue weighted by molar-refractivity contribution is 0.0595. The van der Waals surface area contributed by atoms with Crippen molar-refractivity contribution in [2.24, 2.45) is 0 Å². The fraction of sp³-hybridized carbons (Fsp3) is 0.312. The van der Waals surface area contributed by atoms with Crippen LogP contribution in [0.3, 0.4) is 0 Å². The van der Waals surface area contributed by atoms with E-state index in [0.717, 1.165) is 41.7 Å². The van der Waals surface area contributed by atoms with E-state index in [1.165, 1.54) is 0 Å². The summed E-state index contributed by atoms with van der Waals surface area (Å²) < 4.78 is 6.99. The second-order valence-electron chi connectivity index (χ2n) is 5.17. The molecule has 1 N–H and O–H groups in total. The molecule has 3 rings (SSSR count). The van der Waals surface area contributed by atoms with E-state index >= 15 is 0 Å². The van der Waals surface area contributed by atoms with Crippen molar-refractivity contribution in [2.45, 2.75) is 18.9 Å². The molecule has 1 aromatic carbocycles. The number of carbonyl (C=O) groups is 1. The van der Waals surface area contributed by atoms with Gasteiger partial charge in [-0.1, -0.05) is 22.0 Å². The van der Waals surface area contributed by atoms with Gasteiger partial charge < -0.3 is 14.6 Å². The number of halogens is 1. The Morgan fingerprint density at radius 3 is 2.76 bits per heavy atom. The van der Waals surface area contributed by atoms with Crippen molar-refractivity contribution in [3.63, 3.8) is 0 Å². The summed E-state index contributed by atoms with van der Waals surface area (Å²) in [6.45, 7) is 1.48. The van der Waals surface area contributed by atoms with Crippen LogP contribution in [0, 0.1) is 0 Å². The van der Waals surface area contributed by atoms with Gasteiger partial charge in [0, 0.05) is 42.8 Å². The lowest BCUT2D eigenvalue weighted by Crippen LogP contribution is -2.41. The van der Waals surface area contributed by atoms with E-state index in [0.29, 0.717) is 0 Å². The van der Waals surface area contributed by atoms with E-state index in [2.05, 4.69) is 20.9 Å². The molecule has 1 fully saturated rings. The van der Waals surface area contributed by atoms with Crippen molar-refractivity contribution < 1.29 is 9.53 Å². The predicted octanol–water partition coefficient (Wildman–Crippen LogP) is 3.46. The van der Waals surface area contributed by atoms with Crippen molar-refractivity contribution >= 4 is 21.8 Å². The standard InChI is InChI=1S/C16H17BrN2O2/c17-13-2-1-3-15(10-13)21-14-5-8-19(9-6-14)16(20)12-4-7-18-11-12/h1-4,7,10-11,14,18H,5-6,8-9H2. The lowest BCUT2D eigenvalue weighted by atomic mass is 10.1. The van der Waals surface area contributed by atoms with Gasteiger partial charge in [-0.15, -0.1) is 0 Å². The van der Waals surface area contributed by atoms with E-state index in [1.54, 1.807) is 12.4 Å². The summed E-state index contributed by atoms with van der Waals surface area (Å²) in [5.74, 6) is 0.969. The molecule has 4 nitrogen and oxygen atoms in total. The zero-order chi connectivity index (χ0) is 14.7. The van der Waals surface area contributed by atoms with Crippen LogP contribution in [0.2, 0.25) is 0 Å². The topological polar surface area (TPSA) is 45.3 Å². The van der Waals surface area contributed by atoms with E-state index in [9.17, 15) is 4.79 Å². The fourth-order valence-corrected chi connectivity index (χ4v) is 2.93. The quantitative estimate of drug-likeness (QED) is 0.922. The highest BCUT2D eigenvalue weighted by Gasteiger charge is 2.24. The number of aromatic amines is 1. The molecular formula is C16H17BrN2O2. The average Bonchev–Trinajstić information content (AvgIpc) is 3.01. The first-order valence-electron chi connectivity index (χ1n) is 7.06. The first-order valence-corrected chi connectivity index (χ1v) is 7.86. The number of amides is 1. The largest absolute Gasteiger partial charge is 0.490 e. The number of benzene rings is 1. The zero-order valence-electron chi connectivity index (χ0n) is 11.6. The number of piperidine rings is 1. The molecule has 1 aliphatic heterocycles. The number of nitrogens with zero attached hydrogens (tertiary/aromatic N) is 1. The molecule has 21 heavy (non-hydrogen) atoms. The van der Waals surface area contributed by atoms with Crippen molar-refractivity contribution in [3.05, 3.63) is 52.8 Å². The number of nitrogens with one attached hydrogen (secondary N) is 1. The molecule has 1 aliphatic rings. The minimum Gasteiger partial charge on any atom is -0.490 e. The molecule has 1 saturated heterocycles. The Hall–Kier alpha value is -1.75. The Labute approximate surface area is 132 Å². The second kappa shape index (κ2) is 6.35. The molecule has 0 radical (unpaired) electrons. The maximum atomic E-state index is 12.2. The SMILES string of the molecule is O=C(c1cc[nH]c1)N1CCC(Oc2cccc(Br)c2)CC1. The summed E-state index contributed by atoms with van der Waals surface area (Å²) in [4.78, 5) is 17.0. The molecule has 2 aromatic rings. The van der Waals surface area contributed by atoms with Crippen LogP contribution >= 0.6 is 15.9 Å². The van der Waals surface area contributed by atoms with Gasteiger partial charge in [-0.25, -0.2) is 0 Å². The maximum absolute atomic E-state index is 12.2. The van der Waals surface area contributed by atoms with Crippen molar-refractivity contribution in [3.8, 4) is 5.75 Å². The fourth-order valence-electron chi connectivity index (χ4n) is 2.55. The molecule has 1 aromatic heterocycles. The summed E-state index contributed by atoms with van der Waals surface area (Å²) in [5.41, 5.74) is 0.723. The highest BCUT2D eigenvalue weighted by molar-refractivity contribution is 9.10. The summed E-state index contributed by atoms with van der Waals surface area (Å²) in [7, 11) is 0. The number of ether oxygens (including phenoxy) is 1. The molecule has 0 atom stereocenters. The van der Waals surface area contributed by atoms with Crippen molar-refractivity contribution in [2.75, 3.05) is 13.1 Å². The summed E-state index contributed by atoms with van der Waals surface area (Å²) in [6.07, 6.45) is 5.42. The molecule has 2 heterocycles. The minimum absolute atomic E-state index is 0.0946. The molecule has 1 amide bonds. The number of H-pyrrole nitrogens is 1. The highest BCUT2D eigenvalue weighted by Crippen LogP contribution is 2.23. The third-order valence-electron chi connectivity index (χ3n) is 3.67. The Morgan fingerprint density at radius 2 is 2.10 bits per heavy atom. The van der Waals surface area contributed by atoms with Gasteiger partial charge in [0.2, 0.25) is 0 Å². The third kappa shape index (κ3) is 3.47. The number of carbonyl (C=O) groups excluding carboxylic acids is 1. The maximum Gasteiger partial charge on any atom is 0.255 e. The highest BCUT2D eigenvalue weighted by atomic mass is 79.9. The van der Waals surface area contributed by atoms with Gasteiger partial charge in [-0.05, 0) is 24.3 Å². The Bertz CT molecular complexity index is 604.